The Hall–Kier alpha value is -1.42. The quantitative estimate of drug-likeness (QED) is 0.760. The van der Waals surface area contributed by atoms with Crippen molar-refractivity contribution in [3.63, 3.8) is 0 Å². The van der Waals surface area contributed by atoms with Crippen molar-refractivity contribution in [1.82, 2.24) is 0 Å². The fourth-order valence-electron chi connectivity index (χ4n) is 1.63. The molecule has 2 rings (SSSR count). The minimum atomic E-state index is -0.122. The third kappa shape index (κ3) is 1.93. The Bertz CT molecular complexity index is 408. The van der Waals surface area contributed by atoms with Gasteiger partial charge in [0.25, 0.3) is 0 Å². The molecule has 0 spiro atoms. The zero-order chi connectivity index (χ0) is 11.5. The molecule has 1 heterocycles. The van der Waals surface area contributed by atoms with E-state index in [1.165, 1.54) is 0 Å². The summed E-state index contributed by atoms with van der Waals surface area (Å²) in [6.45, 7) is 2.70. The van der Waals surface area contributed by atoms with E-state index in [0.29, 0.717) is 18.0 Å². The second kappa shape index (κ2) is 4.61. The third-order valence-electron chi connectivity index (χ3n) is 2.40. The number of ether oxygens (including phenoxy) is 2. The smallest absolute Gasteiger partial charge is 0.241 e. The van der Waals surface area contributed by atoms with Crippen LogP contribution < -0.4 is 14.4 Å². The van der Waals surface area contributed by atoms with Crippen LogP contribution in [0, 0.1) is 0 Å². The molecule has 0 aromatic heterocycles. The number of anilines is 1. The van der Waals surface area contributed by atoms with Crippen LogP contribution in [0.25, 0.3) is 0 Å². The lowest BCUT2D eigenvalue weighted by Crippen LogP contribution is -2.31. The van der Waals surface area contributed by atoms with Crippen LogP contribution in [-0.2, 0) is 4.79 Å². The summed E-state index contributed by atoms with van der Waals surface area (Å²) in [6.07, 6.45) is 0. The van der Waals surface area contributed by atoms with Crippen LogP contribution in [0.5, 0.6) is 11.5 Å². The topological polar surface area (TPSA) is 38.8 Å². The maximum absolute atomic E-state index is 11.6. The van der Waals surface area contributed by atoms with Crippen molar-refractivity contribution in [3.8, 4) is 11.5 Å². The Balaban J connectivity index is 2.29. The zero-order valence-corrected chi connectivity index (χ0v) is 9.66. The van der Waals surface area contributed by atoms with Gasteiger partial charge in [-0.15, -0.1) is 11.6 Å². The van der Waals surface area contributed by atoms with Crippen LogP contribution in [0.3, 0.4) is 0 Å². The standard InChI is InChI=1S/C11H12ClNO3/c1-2-13(11(14)6-12)8-3-4-9-10(5-8)16-7-15-9/h3-5H,2,6-7H2,1H3. The average molecular weight is 242 g/mol. The number of hydrogen-bond donors (Lipinski definition) is 0. The van der Waals surface area contributed by atoms with Gasteiger partial charge >= 0.3 is 0 Å². The first-order valence-electron chi connectivity index (χ1n) is 5.02. The van der Waals surface area contributed by atoms with Crippen molar-refractivity contribution in [1.29, 1.82) is 0 Å². The summed E-state index contributed by atoms with van der Waals surface area (Å²) in [5.74, 6) is 1.22. The third-order valence-corrected chi connectivity index (χ3v) is 2.63. The predicted octanol–water partition coefficient (Wildman–Crippen LogP) is 2.01. The van der Waals surface area contributed by atoms with Gasteiger partial charge in [0.1, 0.15) is 5.88 Å². The number of halogens is 1. The second-order valence-corrected chi connectivity index (χ2v) is 3.58. The van der Waals surface area contributed by atoms with Gasteiger partial charge in [-0.3, -0.25) is 4.79 Å². The van der Waals surface area contributed by atoms with Gasteiger partial charge in [-0.1, -0.05) is 0 Å². The zero-order valence-electron chi connectivity index (χ0n) is 8.90. The van der Waals surface area contributed by atoms with Gasteiger partial charge in [-0.25, -0.2) is 0 Å². The molecular formula is C11H12ClNO3. The van der Waals surface area contributed by atoms with Gasteiger partial charge < -0.3 is 14.4 Å². The summed E-state index contributed by atoms with van der Waals surface area (Å²) < 4.78 is 10.5. The largest absolute Gasteiger partial charge is 0.454 e. The molecule has 0 atom stereocenters. The molecule has 1 aliphatic rings. The van der Waals surface area contributed by atoms with E-state index in [4.69, 9.17) is 21.1 Å². The van der Waals surface area contributed by atoms with Crippen LogP contribution in [-0.4, -0.2) is 25.1 Å². The molecule has 4 nitrogen and oxygen atoms in total. The van der Waals surface area contributed by atoms with Crippen LogP contribution in [0.1, 0.15) is 6.92 Å². The van der Waals surface area contributed by atoms with Gasteiger partial charge in [0.2, 0.25) is 12.7 Å². The highest BCUT2D eigenvalue weighted by Crippen LogP contribution is 2.35. The van der Waals surface area contributed by atoms with Crippen molar-refractivity contribution >= 4 is 23.2 Å². The molecule has 16 heavy (non-hydrogen) atoms. The summed E-state index contributed by atoms with van der Waals surface area (Å²) in [4.78, 5) is 13.2. The van der Waals surface area contributed by atoms with E-state index in [1.807, 2.05) is 13.0 Å². The molecular weight excluding hydrogens is 230 g/mol. The van der Waals surface area contributed by atoms with Crippen molar-refractivity contribution < 1.29 is 14.3 Å². The van der Waals surface area contributed by atoms with Crippen LogP contribution in [0.15, 0.2) is 18.2 Å². The first-order chi connectivity index (χ1) is 7.76. The Kier molecular flexibility index (Phi) is 3.19. The first-order valence-corrected chi connectivity index (χ1v) is 5.55. The van der Waals surface area contributed by atoms with E-state index in [9.17, 15) is 4.79 Å². The molecule has 0 fully saturated rings. The van der Waals surface area contributed by atoms with Crippen LogP contribution >= 0.6 is 11.6 Å². The number of hydrogen-bond acceptors (Lipinski definition) is 3. The highest BCUT2D eigenvalue weighted by Gasteiger charge is 2.18. The molecule has 1 amide bonds. The molecule has 0 bridgehead atoms. The number of rotatable bonds is 3. The number of benzene rings is 1. The molecule has 86 valence electrons. The Morgan fingerprint density at radius 2 is 2.19 bits per heavy atom. The highest BCUT2D eigenvalue weighted by atomic mass is 35.5. The minimum Gasteiger partial charge on any atom is -0.454 e. The summed E-state index contributed by atoms with van der Waals surface area (Å²) in [7, 11) is 0. The summed E-state index contributed by atoms with van der Waals surface area (Å²) in [5, 5.41) is 0. The maximum Gasteiger partial charge on any atom is 0.241 e. The summed E-state index contributed by atoms with van der Waals surface area (Å²) in [5.41, 5.74) is 0.775. The second-order valence-electron chi connectivity index (χ2n) is 3.31. The monoisotopic (exact) mass is 241 g/mol. The summed E-state index contributed by atoms with van der Waals surface area (Å²) in [6, 6.07) is 5.40. The molecule has 0 N–H and O–H groups in total. The molecule has 1 aromatic rings. The van der Waals surface area contributed by atoms with Gasteiger partial charge in [0, 0.05) is 18.3 Å². The molecule has 0 radical (unpaired) electrons. The SMILES string of the molecule is CCN(C(=O)CCl)c1ccc2c(c1)OCO2. The van der Waals surface area contributed by atoms with Crippen molar-refractivity contribution in [2.45, 2.75) is 6.92 Å². The number of amides is 1. The fraction of sp³-hybridized carbons (Fsp3) is 0.364. The predicted molar refractivity (Wildman–Crippen MR) is 61.3 cm³/mol. The van der Waals surface area contributed by atoms with Gasteiger partial charge in [-0.2, -0.15) is 0 Å². The number of fused-ring (bicyclic) bond motifs is 1. The molecule has 0 unspecified atom stereocenters. The van der Waals surface area contributed by atoms with Crippen molar-refractivity contribution in [2.24, 2.45) is 0 Å². The fourth-order valence-corrected chi connectivity index (χ4v) is 1.77. The molecule has 1 aromatic carbocycles. The normalized spacial score (nSPS) is 12.6. The van der Waals surface area contributed by atoms with E-state index in [0.717, 1.165) is 5.69 Å². The van der Waals surface area contributed by atoms with E-state index in [2.05, 4.69) is 0 Å². The lowest BCUT2D eigenvalue weighted by molar-refractivity contribution is -0.116. The molecule has 5 heteroatoms. The number of carbonyl (C=O) groups is 1. The number of nitrogens with zero attached hydrogens (tertiary/aromatic N) is 1. The van der Waals surface area contributed by atoms with Crippen molar-refractivity contribution in [2.75, 3.05) is 24.1 Å². The van der Waals surface area contributed by atoms with Crippen LogP contribution in [0.2, 0.25) is 0 Å². The van der Waals surface area contributed by atoms with Crippen LogP contribution in [0.4, 0.5) is 5.69 Å². The van der Waals surface area contributed by atoms with Gasteiger partial charge in [0.15, 0.2) is 11.5 Å². The lowest BCUT2D eigenvalue weighted by Gasteiger charge is -2.20. The first kappa shape index (κ1) is 11.1. The Morgan fingerprint density at radius 1 is 1.44 bits per heavy atom. The molecule has 0 aliphatic carbocycles. The number of carbonyl (C=O) groups excluding carboxylic acids is 1. The maximum atomic E-state index is 11.6. The average Bonchev–Trinajstić information content (AvgIpc) is 2.77. The minimum absolute atomic E-state index is 0.0255. The van der Waals surface area contributed by atoms with E-state index < -0.39 is 0 Å². The lowest BCUT2D eigenvalue weighted by atomic mass is 10.2. The van der Waals surface area contributed by atoms with Gasteiger partial charge in [0.05, 0.1) is 0 Å². The molecule has 0 saturated carbocycles. The Labute approximate surface area is 98.7 Å². The van der Waals surface area contributed by atoms with E-state index in [-0.39, 0.29) is 18.6 Å². The van der Waals surface area contributed by atoms with Crippen molar-refractivity contribution in [3.05, 3.63) is 18.2 Å². The van der Waals surface area contributed by atoms with E-state index >= 15 is 0 Å². The van der Waals surface area contributed by atoms with E-state index in [1.54, 1.807) is 17.0 Å². The molecule has 1 aliphatic heterocycles. The highest BCUT2D eigenvalue weighted by molar-refractivity contribution is 6.29. The Morgan fingerprint density at radius 3 is 2.88 bits per heavy atom. The number of alkyl halides is 1. The van der Waals surface area contributed by atoms with Gasteiger partial charge in [-0.05, 0) is 19.1 Å². The molecule has 0 saturated heterocycles. The summed E-state index contributed by atoms with van der Waals surface area (Å²) >= 11 is 5.55.